The lowest BCUT2D eigenvalue weighted by molar-refractivity contribution is 0.0827. The summed E-state index contributed by atoms with van der Waals surface area (Å²) in [7, 11) is 7.70. The monoisotopic (exact) mass is 409 g/mol. The van der Waals surface area contributed by atoms with Crippen LogP contribution in [0.3, 0.4) is 0 Å². The highest BCUT2D eigenvalue weighted by atomic mass is 16.2. The molecule has 2 aromatic rings. The average molecular weight is 410 g/mol. The van der Waals surface area contributed by atoms with Crippen molar-refractivity contribution in [3.05, 3.63) is 71.3 Å². The normalized spacial score (nSPS) is 12.5. The molecule has 162 valence electrons. The van der Waals surface area contributed by atoms with Crippen LogP contribution < -0.4 is 10.6 Å². The number of hydrogen-bond acceptors (Lipinski definition) is 3. The maximum atomic E-state index is 12.2. The number of carbonyl (C=O) groups is 1. The molecular formula is C24H35N5O. The summed E-state index contributed by atoms with van der Waals surface area (Å²) in [5, 5.41) is 6.73. The smallest absolute Gasteiger partial charge is 0.253 e. The van der Waals surface area contributed by atoms with Gasteiger partial charge in [-0.3, -0.25) is 9.79 Å². The van der Waals surface area contributed by atoms with E-state index < -0.39 is 0 Å². The van der Waals surface area contributed by atoms with Gasteiger partial charge in [0, 0.05) is 32.7 Å². The van der Waals surface area contributed by atoms with Crippen molar-refractivity contribution < 1.29 is 4.79 Å². The summed E-state index contributed by atoms with van der Waals surface area (Å²) >= 11 is 0. The topological polar surface area (TPSA) is 60.0 Å². The number of nitrogens with zero attached hydrogens (tertiary/aromatic N) is 3. The minimum Gasteiger partial charge on any atom is -0.357 e. The van der Waals surface area contributed by atoms with Gasteiger partial charge < -0.3 is 20.4 Å². The van der Waals surface area contributed by atoms with Gasteiger partial charge in [-0.1, -0.05) is 42.5 Å². The molecule has 1 atom stereocenters. The molecule has 6 nitrogen and oxygen atoms in total. The van der Waals surface area contributed by atoms with E-state index in [2.05, 4.69) is 66.9 Å². The molecule has 0 fully saturated rings. The first-order chi connectivity index (χ1) is 14.4. The Morgan fingerprint density at radius 3 is 2.37 bits per heavy atom. The molecule has 0 radical (unpaired) electrons. The van der Waals surface area contributed by atoms with E-state index in [0.29, 0.717) is 6.54 Å². The highest BCUT2D eigenvalue weighted by molar-refractivity contribution is 5.94. The Balaban J connectivity index is 1.98. The summed E-state index contributed by atoms with van der Waals surface area (Å²) < 4.78 is 0. The second kappa shape index (κ2) is 12.0. The van der Waals surface area contributed by atoms with Gasteiger partial charge >= 0.3 is 0 Å². The zero-order valence-electron chi connectivity index (χ0n) is 18.9. The quantitative estimate of drug-likeness (QED) is 0.494. The van der Waals surface area contributed by atoms with E-state index in [4.69, 9.17) is 4.99 Å². The summed E-state index contributed by atoms with van der Waals surface area (Å²) in [4.78, 5) is 20.8. The number of rotatable bonds is 9. The first kappa shape index (κ1) is 23.4. The Morgan fingerprint density at radius 2 is 1.73 bits per heavy atom. The predicted molar refractivity (Wildman–Crippen MR) is 125 cm³/mol. The highest BCUT2D eigenvalue weighted by Crippen LogP contribution is 2.18. The van der Waals surface area contributed by atoms with Crippen LogP contribution in [-0.4, -0.2) is 69.5 Å². The molecule has 0 spiro atoms. The number of guanidine groups is 1. The Kier molecular flexibility index (Phi) is 9.35. The number of likely N-dealkylation sites (N-methyl/N-ethyl adjacent to an activating group) is 1. The third-order valence-corrected chi connectivity index (χ3v) is 4.86. The Bertz CT molecular complexity index is 817. The molecule has 2 N–H and O–H groups in total. The van der Waals surface area contributed by atoms with Gasteiger partial charge in [0.15, 0.2) is 5.96 Å². The first-order valence-electron chi connectivity index (χ1n) is 10.5. The van der Waals surface area contributed by atoms with Crippen molar-refractivity contribution in [1.82, 2.24) is 20.4 Å². The zero-order chi connectivity index (χ0) is 21.9. The number of amides is 1. The van der Waals surface area contributed by atoms with Crippen molar-refractivity contribution in [1.29, 1.82) is 0 Å². The van der Waals surface area contributed by atoms with E-state index in [1.807, 2.05) is 24.3 Å². The molecule has 6 heteroatoms. The molecule has 0 aliphatic heterocycles. The van der Waals surface area contributed by atoms with Gasteiger partial charge in [0.2, 0.25) is 0 Å². The number of benzene rings is 2. The standard InChI is InChI=1S/C24H35N5O/c1-6-25-24(27-18-22(28(2)3)20-12-8-7-9-13-20)26-16-15-19-11-10-14-21(17-19)23(30)29(4)5/h7-14,17,22H,6,15-16,18H2,1-5H3,(H2,25,26,27). The molecule has 0 bridgehead atoms. The van der Waals surface area contributed by atoms with Crippen LogP contribution in [0.4, 0.5) is 0 Å². The van der Waals surface area contributed by atoms with Gasteiger partial charge in [-0.2, -0.15) is 0 Å². The third-order valence-electron chi connectivity index (χ3n) is 4.86. The summed E-state index contributed by atoms with van der Waals surface area (Å²) in [6, 6.07) is 18.5. The minimum atomic E-state index is 0.0235. The summed E-state index contributed by atoms with van der Waals surface area (Å²) in [5.74, 6) is 0.830. The molecule has 0 heterocycles. The summed E-state index contributed by atoms with van der Waals surface area (Å²) in [6.45, 7) is 4.27. The molecule has 0 aromatic heterocycles. The number of nitrogens with one attached hydrogen (secondary N) is 2. The van der Waals surface area contributed by atoms with Crippen LogP contribution in [0, 0.1) is 0 Å². The molecule has 1 amide bonds. The lowest BCUT2D eigenvalue weighted by Crippen LogP contribution is -2.39. The fraction of sp³-hybridized carbons (Fsp3) is 0.417. The van der Waals surface area contributed by atoms with Crippen LogP contribution in [0.1, 0.15) is 34.5 Å². The molecule has 2 aromatic carbocycles. The van der Waals surface area contributed by atoms with Crippen molar-refractivity contribution in [3.63, 3.8) is 0 Å². The maximum Gasteiger partial charge on any atom is 0.253 e. The fourth-order valence-electron chi connectivity index (χ4n) is 3.20. The second-order valence-corrected chi connectivity index (χ2v) is 7.69. The van der Waals surface area contributed by atoms with E-state index in [1.54, 1.807) is 19.0 Å². The van der Waals surface area contributed by atoms with Crippen LogP contribution >= 0.6 is 0 Å². The van der Waals surface area contributed by atoms with E-state index in [9.17, 15) is 4.79 Å². The lowest BCUT2D eigenvalue weighted by Gasteiger charge is -2.23. The van der Waals surface area contributed by atoms with Crippen LogP contribution in [0.15, 0.2) is 59.6 Å². The first-order valence-corrected chi connectivity index (χ1v) is 10.5. The van der Waals surface area contributed by atoms with Crippen molar-refractivity contribution >= 4 is 11.9 Å². The lowest BCUT2D eigenvalue weighted by atomic mass is 10.1. The molecule has 1 unspecified atom stereocenters. The van der Waals surface area contributed by atoms with Crippen molar-refractivity contribution in [2.45, 2.75) is 19.4 Å². The number of carbonyl (C=O) groups excluding carboxylic acids is 1. The van der Waals surface area contributed by atoms with Crippen LogP contribution in [0.5, 0.6) is 0 Å². The van der Waals surface area contributed by atoms with E-state index in [0.717, 1.165) is 36.6 Å². The van der Waals surface area contributed by atoms with Crippen LogP contribution in [0.2, 0.25) is 0 Å². The Morgan fingerprint density at radius 1 is 1.00 bits per heavy atom. The maximum absolute atomic E-state index is 12.2. The minimum absolute atomic E-state index is 0.0235. The Hall–Kier alpha value is -2.86. The number of hydrogen-bond donors (Lipinski definition) is 2. The van der Waals surface area contributed by atoms with Gasteiger partial charge in [0.1, 0.15) is 0 Å². The second-order valence-electron chi connectivity index (χ2n) is 7.69. The fourth-order valence-corrected chi connectivity index (χ4v) is 3.20. The SMILES string of the molecule is CCNC(=NCC(c1ccccc1)N(C)C)NCCc1cccc(C(=O)N(C)C)c1. The largest absolute Gasteiger partial charge is 0.357 e. The van der Waals surface area contributed by atoms with Crippen LogP contribution in [-0.2, 0) is 6.42 Å². The zero-order valence-corrected chi connectivity index (χ0v) is 18.9. The van der Waals surface area contributed by atoms with Crippen LogP contribution in [0.25, 0.3) is 0 Å². The summed E-state index contributed by atoms with van der Waals surface area (Å²) in [5.41, 5.74) is 3.10. The van der Waals surface area contributed by atoms with Gasteiger partial charge in [0.25, 0.3) is 5.91 Å². The van der Waals surface area contributed by atoms with E-state index >= 15 is 0 Å². The highest BCUT2D eigenvalue weighted by Gasteiger charge is 2.13. The molecule has 0 saturated carbocycles. The van der Waals surface area contributed by atoms with Gasteiger partial charge in [-0.25, -0.2) is 0 Å². The van der Waals surface area contributed by atoms with E-state index in [-0.39, 0.29) is 11.9 Å². The molecule has 0 saturated heterocycles. The van der Waals surface area contributed by atoms with Crippen molar-refractivity contribution in [2.75, 3.05) is 47.8 Å². The Labute approximate surface area is 181 Å². The molecule has 2 rings (SSSR count). The molecule has 30 heavy (non-hydrogen) atoms. The van der Waals surface area contributed by atoms with Gasteiger partial charge in [-0.05, 0) is 50.7 Å². The molecule has 0 aliphatic rings. The summed E-state index contributed by atoms with van der Waals surface area (Å²) in [6.07, 6.45) is 0.814. The van der Waals surface area contributed by atoms with Crippen molar-refractivity contribution in [3.8, 4) is 0 Å². The average Bonchev–Trinajstić information content (AvgIpc) is 2.74. The molecule has 0 aliphatic carbocycles. The van der Waals surface area contributed by atoms with Gasteiger partial charge in [0.05, 0.1) is 12.6 Å². The van der Waals surface area contributed by atoms with Gasteiger partial charge in [-0.15, -0.1) is 0 Å². The predicted octanol–water partition coefficient (Wildman–Crippen LogP) is 2.79. The third kappa shape index (κ3) is 7.19. The van der Waals surface area contributed by atoms with E-state index in [1.165, 1.54) is 5.56 Å². The number of aliphatic imine (C=N–C) groups is 1. The molecular weight excluding hydrogens is 374 g/mol. The van der Waals surface area contributed by atoms with Crippen molar-refractivity contribution in [2.24, 2.45) is 4.99 Å².